The van der Waals surface area contributed by atoms with Crippen LogP contribution in [-0.4, -0.2) is 61.2 Å². The zero-order valence-electron chi connectivity index (χ0n) is 21.5. The number of nitrogens with zero attached hydrogens (tertiary/aromatic N) is 3. The fourth-order valence-corrected chi connectivity index (χ4v) is 4.45. The van der Waals surface area contributed by atoms with Crippen molar-refractivity contribution in [1.29, 1.82) is 0 Å². The topological polar surface area (TPSA) is 66.1 Å². The summed E-state index contributed by atoms with van der Waals surface area (Å²) in [6.07, 6.45) is 13.7. The number of unbranched alkanes of at least 4 members (excludes halogenated alkanes) is 9. The minimum absolute atomic E-state index is 0.218. The predicted molar refractivity (Wildman–Crippen MR) is 141 cm³/mol. The van der Waals surface area contributed by atoms with Crippen molar-refractivity contribution in [2.45, 2.75) is 91.1 Å². The van der Waals surface area contributed by atoms with Gasteiger partial charge < -0.3 is 15.4 Å². The third-order valence-corrected chi connectivity index (χ3v) is 6.46. The molecule has 0 amide bonds. The van der Waals surface area contributed by atoms with Gasteiger partial charge in [0.2, 0.25) is 0 Å². The summed E-state index contributed by atoms with van der Waals surface area (Å²) >= 11 is 0. The van der Waals surface area contributed by atoms with Crippen LogP contribution in [0, 0.1) is 0 Å². The van der Waals surface area contributed by atoms with E-state index in [1.54, 1.807) is 0 Å². The van der Waals surface area contributed by atoms with E-state index in [-0.39, 0.29) is 6.17 Å². The van der Waals surface area contributed by atoms with Gasteiger partial charge in [-0.15, -0.1) is 0 Å². The number of ether oxygens (including phenoxy) is 1. The minimum Gasteiger partial charge on any atom is -0.494 e. The predicted octanol–water partition coefficient (Wildman–Crippen LogP) is 5.18. The number of hydrogen-bond acceptors (Lipinski definition) is 6. The van der Waals surface area contributed by atoms with Gasteiger partial charge in [-0.05, 0) is 37.6 Å². The van der Waals surface area contributed by atoms with Crippen molar-refractivity contribution in [3.8, 4) is 5.75 Å². The van der Waals surface area contributed by atoms with Crippen LogP contribution in [0.25, 0.3) is 0 Å². The first-order valence-electron chi connectivity index (χ1n) is 13.5. The molecule has 0 bridgehead atoms. The van der Waals surface area contributed by atoms with Crippen LogP contribution in [0.2, 0.25) is 0 Å². The van der Waals surface area contributed by atoms with Crippen LogP contribution in [0.15, 0.2) is 29.3 Å². The molecule has 0 aromatic heterocycles. The highest BCUT2D eigenvalue weighted by atomic mass is 16.5. The van der Waals surface area contributed by atoms with Gasteiger partial charge in [0.05, 0.1) is 19.3 Å². The molecular weight excluding hydrogens is 410 g/mol. The molecule has 0 fully saturated rings. The zero-order chi connectivity index (χ0) is 23.7. The monoisotopic (exact) mass is 459 g/mol. The number of rotatable bonds is 19. The number of benzene rings is 1. The van der Waals surface area contributed by atoms with E-state index in [0.717, 1.165) is 56.4 Å². The Balaban J connectivity index is 1.68. The molecule has 6 nitrogen and oxygen atoms in total. The van der Waals surface area contributed by atoms with Gasteiger partial charge in [0.1, 0.15) is 11.6 Å². The lowest BCUT2D eigenvalue weighted by Gasteiger charge is -2.36. The minimum atomic E-state index is 0.218. The molecule has 2 rings (SSSR count). The molecule has 0 spiro atoms. The fraction of sp³-hybridized carbons (Fsp3) is 0.741. The van der Waals surface area contributed by atoms with Gasteiger partial charge in [-0.2, -0.15) is 0 Å². The maximum atomic E-state index is 5.99. The largest absolute Gasteiger partial charge is 0.494 e. The highest BCUT2D eigenvalue weighted by Crippen LogP contribution is 2.19. The lowest BCUT2D eigenvalue weighted by atomic mass is 10.1. The summed E-state index contributed by atoms with van der Waals surface area (Å²) < 4.78 is 5.99. The van der Waals surface area contributed by atoms with E-state index in [0.29, 0.717) is 6.54 Å². The molecule has 1 aliphatic rings. The molecule has 1 unspecified atom stereocenters. The number of hydrazine groups is 1. The van der Waals surface area contributed by atoms with Crippen LogP contribution in [0.1, 0.15) is 90.5 Å². The normalized spacial score (nSPS) is 14.7. The Morgan fingerprint density at radius 1 is 1.00 bits per heavy atom. The number of aliphatic imine (C=N–C) groups is 1. The van der Waals surface area contributed by atoms with Gasteiger partial charge >= 0.3 is 0 Å². The summed E-state index contributed by atoms with van der Waals surface area (Å²) in [7, 11) is 0. The molecule has 188 valence electrons. The molecule has 0 saturated heterocycles. The summed E-state index contributed by atoms with van der Waals surface area (Å²) in [6.45, 7) is 11.6. The van der Waals surface area contributed by atoms with Crippen LogP contribution in [0.4, 0.5) is 0 Å². The molecule has 0 aliphatic carbocycles. The van der Waals surface area contributed by atoms with Crippen LogP contribution in [-0.2, 0) is 0 Å². The average Bonchev–Trinajstić information content (AvgIpc) is 3.33. The molecule has 0 saturated carbocycles. The highest BCUT2D eigenvalue weighted by molar-refractivity contribution is 6.00. The van der Waals surface area contributed by atoms with Gasteiger partial charge in [-0.1, -0.05) is 71.6 Å². The van der Waals surface area contributed by atoms with Crippen molar-refractivity contribution in [2.24, 2.45) is 10.7 Å². The van der Waals surface area contributed by atoms with Crippen LogP contribution >= 0.6 is 0 Å². The SMILES string of the molecule is CCCCCCCCCCCCOc1ccc(C2=NCCN2C(C)N(CC)NCCN)cc1. The van der Waals surface area contributed by atoms with Crippen molar-refractivity contribution in [3.05, 3.63) is 29.8 Å². The van der Waals surface area contributed by atoms with E-state index >= 15 is 0 Å². The van der Waals surface area contributed by atoms with Crippen LogP contribution < -0.4 is 15.9 Å². The van der Waals surface area contributed by atoms with E-state index < -0.39 is 0 Å². The summed E-state index contributed by atoms with van der Waals surface area (Å²) in [5.74, 6) is 2.02. The third kappa shape index (κ3) is 10.0. The summed E-state index contributed by atoms with van der Waals surface area (Å²) in [5.41, 5.74) is 10.2. The Kier molecular flexibility index (Phi) is 14.1. The zero-order valence-corrected chi connectivity index (χ0v) is 21.5. The first-order valence-corrected chi connectivity index (χ1v) is 13.5. The van der Waals surface area contributed by atoms with E-state index in [4.69, 9.17) is 15.5 Å². The van der Waals surface area contributed by atoms with Crippen molar-refractivity contribution >= 4 is 5.84 Å². The highest BCUT2D eigenvalue weighted by Gasteiger charge is 2.26. The van der Waals surface area contributed by atoms with E-state index in [9.17, 15) is 0 Å². The standard InChI is InChI=1S/C27H49N5O/c1-4-6-7-8-9-10-11-12-13-14-23-33-26-17-15-25(16-18-26)27-29-21-22-31(27)24(3)32(5-2)30-20-19-28/h15-18,24,30H,4-14,19-23,28H2,1-3H3. The summed E-state index contributed by atoms with van der Waals surface area (Å²) in [6, 6.07) is 8.45. The van der Waals surface area contributed by atoms with Gasteiger partial charge in [-0.3, -0.25) is 10.4 Å². The van der Waals surface area contributed by atoms with E-state index in [2.05, 4.69) is 60.4 Å². The Morgan fingerprint density at radius 2 is 1.64 bits per heavy atom. The number of hydrogen-bond donors (Lipinski definition) is 2. The maximum Gasteiger partial charge on any atom is 0.132 e. The van der Waals surface area contributed by atoms with Gasteiger partial charge in [0.25, 0.3) is 0 Å². The summed E-state index contributed by atoms with van der Waals surface area (Å²) in [5, 5.41) is 2.23. The number of nitrogens with two attached hydrogens (primary N) is 1. The van der Waals surface area contributed by atoms with E-state index in [1.165, 1.54) is 57.8 Å². The maximum absolute atomic E-state index is 5.99. The third-order valence-electron chi connectivity index (χ3n) is 6.46. The first kappa shape index (κ1) is 27.6. The summed E-state index contributed by atoms with van der Waals surface area (Å²) in [4.78, 5) is 7.16. The number of nitrogens with one attached hydrogen (secondary N) is 1. The first-order chi connectivity index (χ1) is 16.2. The Bertz CT molecular complexity index is 648. The van der Waals surface area contributed by atoms with Crippen molar-refractivity contribution in [1.82, 2.24) is 15.3 Å². The molecule has 33 heavy (non-hydrogen) atoms. The van der Waals surface area contributed by atoms with Crippen molar-refractivity contribution in [2.75, 3.05) is 39.3 Å². The average molecular weight is 460 g/mol. The quantitative estimate of drug-likeness (QED) is 0.220. The van der Waals surface area contributed by atoms with Crippen molar-refractivity contribution < 1.29 is 4.74 Å². The Hall–Kier alpha value is -1.63. The van der Waals surface area contributed by atoms with Crippen molar-refractivity contribution in [3.63, 3.8) is 0 Å². The lowest BCUT2D eigenvalue weighted by Crippen LogP contribution is -2.54. The van der Waals surface area contributed by atoms with Crippen LogP contribution in [0.5, 0.6) is 5.75 Å². The second kappa shape index (κ2) is 16.9. The Labute approximate surface area is 202 Å². The molecule has 1 aliphatic heterocycles. The van der Waals surface area contributed by atoms with Gasteiger partial charge in [0, 0.05) is 31.7 Å². The second-order valence-electron chi connectivity index (χ2n) is 9.07. The van der Waals surface area contributed by atoms with Gasteiger partial charge in [-0.25, -0.2) is 5.01 Å². The molecule has 1 aromatic rings. The molecule has 0 radical (unpaired) electrons. The number of amidine groups is 1. The van der Waals surface area contributed by atoms with Crippen LogP contribution in [0.3, 0.4) is 0 Å². The fourth-order valence-electron chi connectivity index (χ4n) is 4.45. The Morgan fingerprint density at radius 3 is 2.24 bits per heavy atom. The molecular formula is C27H49N5O. The smallest absolute Gasteiger partial charge is 0.132 e. The molecule has 6 heteroatoms. The lowest BCUT2D eigenvalue weighted by molar-refractivity contribution is 0.0668. The molecule has 1 atom stereocenters. The molecule has 3 N–H and O–H groups in total. The molecule has 1 heterocycles. The van der Waals surface area contributed by atoms with E-state index in [1.807, 2.05) is 0 Å². The second-order valence-corrected chi connectivity index (χ2v) is 9.07. The van der Waals surface area contributed by atoms with Gasteiger partial charge in [0.15, 0.2) is 0 Å². The molecule has 1 aromatic carbocycles.